The van der Waals surface area contributed by atoms with Gasteiger partial charge in [-0.2, -0.15) is 0 Å². The maximum absolute atomic E-state index is 6.28. The van der Waals surface area contributed by atoms with Crippen LogP contribution in [0.2, 0.25) is 0 Å². The largest absolute Gasteiger partial charge is 0.487 e. The van der Waals surface area contributed by atoms with Gasteiger partial charge in [-0.1, -0.05) is 35.9 Å². The van der Waals surface area contributed by atoms with E-state index in [9.17, 15) is 0 Å². The van der Waals surface area contributed by atoms with E-state index in [0.717, 1.165) is 40.4 Å². The lowest BCUT2D eigenvalue weighted by Crippen LogP contribution is -2.04. The van der Waals surface area contributed by atoms with E-state index in [4.69, 9.17) is 14.2 Å². The van der Waals surface area contributed by atoms with Gasteiger partial charge in [-0.15, -0.1) is 12.4 Å². The van der Waals surface area contributed by atoms with E-state index in [1.165, 1.54) is 22.4 Å². The summed E-state index contributed by atoms with van der Waals surface area (Å²) < 4.78 is 19.5. The van der Waals surface area contributed by atoms with E-state index in [2.05, 4.69) is 54.6 Å². The molecule has 6 heteroatoms. The fourth-order valence-electron chi connectivity index (χ4n) is 4.01. The Morgan fingerprint density at radius 3 is 2.65 bits per heavy atom. The smallest absolute Gasteiger partial charge is 0.231 e. The van der Waals surface area contributed by atoms with Crippen molar-refractivity contribution >= 4 is 23.4 Å². The van der Waals surface area contributed by atoms with Crippen LogP contribution < -0.4 is 14.2 Å². The third kappa shape index (κ3) is 3.93. The molecule has 5 nitrogen and oxygen atoms in total. The molecule has 3 heterocycles. The van der Waals surface area contributed by atoms with Crippen molar-refractivity contribution in [3.8, 4) is 17.2 Å². The lowest BCUT2D eigenvalue weighted by molar-refractivity contribution is 0.174. The van der Waals surface area contributed by atoms with Crippen molar-refractivity contribution in [1.29, 1.82) is 0 Å². The molecule has 31 heavy (non-hydrogen) atoms. The molecule has 0 saturated carbocycles. The normalized spacial score (nSPS) is 12.1. The number of hydrogen-bond donors (Lipinski definition) is 0. The molecule has 0 atom stereocenters. The summed E-state index contributed by atoms with van der Waals surface area (Å²) in [6.45, 7) is 7.90. The Hall–Kier alpha value is -3.18. The highest BCUT2D eigenvalue weighted by Crippen LogP contribution is 2.34. The molecule has 0 bridgehead atoms. The second-order valence-electron chi connectivity index (χ2n) is 7.77. The van der Waals surface area contributed by atoms with E-state index in [0.29, 0.717) is 6.61 Å². The van der Waals surface area contributed by atoms with E-state index < -0.39 is 0 Å². The minimum atomic E-state index is 0. The zero-order valence-corrected chi connectivity index (χ0v) is 18.7. The average molecular weight is 437 g/mol. The van der Waals surface area contributed by atoms with Crippen LogP contribution in [-0.2, 0) is 13.2 Å². The first-order valence-electron chi connectivity index (χ1n) is 10.1. The van der Waals surface area contributed by atoms with Crippen molar-refractivity contribution in [2.75, 3.05) is 6.79 Å². The van der Waals surface area contributed by atoms with E-state index in [1.807, 2.05) is 30.5 Å². The monoisotopic (exact) mass is 436 g/mol. The summed E-state index contributed by atoms with van der Waals surface area (Å²) in [6.07, 6.45) is 1.82. The quantitative estimate of drug-likeness (QED) is 0.400. The number of nitrogens with zero attached hydrogens (tertiary/aromatic N) is 2. The van der Waals surface area contributed by atoms with Crippen LogP contribution in [0.3, 0.4) is 0 Å². The summed E-state index contributed by atoms with van der Waals surface area (Å²) >= 11 is 0. The van der Waals surface area contributed by atoms with Crippen LogP contribution in [0.4, 0.5) is 0 Å². The molecule has 160 valence electrons. The van der Waals surface area contributed by atoms with Crippen LogP contribution in [0.5, 0.6) is 17.2 Å². The van der Waals surface area contributed by atoms with Gasteiger partial charge in [0.2, 0.25) is 6.79 Å². The Morgan fingerprint density at radius 1 is 0.968 bits per heavy atom. The summed E-state index contributed by atoms with van der Waals surface area (Å²) in [5, 5.41) is 0. The van der Waals surface area contributed by atoms with Gasteiger partial charge in [0.25, 0.3) is 0 Å². The van der Waals surface area contributed by atoms with Gasteiger partial charge in [-0.05, 0) is 49.6 Å². The van der Waals surface area contributed by atoms with E-state index in [1.54, 1.807) is 0 Å². The van der Waals surface area contributed by atoms with Crippen molar-refractivity contribution in [3.05, 3.63) is 82.7 Å². The fourth-order valence-corrected chi connectivity index (χ4v) is 4.01. The Kier molecular flexibility index (Phi) is 5.79. The highest BCUT2D eigenvalue weighted by atomic mass is 35.5. The predicted molar refractivity (Wildman–Crippen MR) is 124 cm³/mol. The molecule has 0 fully saturated rings. The third-order valence-corrected chi connectivity index (χ3v) is 5.71. The second kappa shape index (κ2) is 8.52. The first-order chi connectivity index (χ1) is 14.6. The highest BCUT2D eigenvalue weighted by Gasteiger charge is 2.18. The zero-order valence-electron chi connectivity index (χ0n) is 17.8. The summed E-state index contributed by atoms with van der Waals surface area (Å²) in [7, 11) is 0. The Bertz CT molecular complexity index is 1250. The summed E-state index contributed by atoms with van der Waals surface area (Å²) in [4.78, 5) is 4.65. The third-order valence-electron chi connectivity index (χ3n) is 5.71. The molecule has 0 aliphatic carbocycles. The van der Waals surface area contributed by atoms with Crippen molar-refractivity contribution in [2.45, 2.75) is 33.9 Å². The van der Waals surface area contributed by atoms with Gasteiger partial charge in [-0.25, -0.2) is 0 Å². The van der Waals surface area contributed by atoms with E-state index >= 15 is 0 Å². The van der Waals surface area contributed by atoms with Crippen LogP contribution in [0, 0.1) is 20.8 Å². The lowest BCUT2D eigenvalue weighted by atomic mass is 10.1. The summed E-state index contributed by atoms with van der Waals surface area (Å²) in [5.74, 6) is 2.38. The highest BCUT2D eigenvalue weighted by molar-refractivity contribution is 5.86. The molecule has 0 saturated heterocycles. The Labute approximate surface area is 188 Å². The molecule has 1 aliphatic heterocycles. The van der Waals surface area contributed by atoms with Gasteiger partial charge < -0.3 is 18.8 Å². The van der Waals surface area contributed by atoms with Gasteiger partial charge >= 0.3 is 0 Å². The summed E-state index contributed by atoms with van der Waals surface area (Å²) in [6, 6.07) is 16.5. The van der Waals surface area contributed by atoms with Gasteiger partial charge in [-0.3, -0.25) is 4.98 Å². The molecule has 5 rings (SSSR count). The van der Waals surface area contributed by atoms with E-state index in [-0.39, 0.29) is 19.2 Å². The van der Waals surface area contributed by atoms with Crippen LogP contribution >= 0.6 is 12.4 Å². The molecule has 1 aliphatic rings. The minimum absolute atomic E-state index is 0. The zero-order chi connectivity index (χ0) is 20.7. The van der Waals surface area contributed by atoms with Gasteiger partial charge in [0.15, 0.2) is 11.5 Å². The predicted octanol–water partition coefficient (Wildman–Crippen LogP) is 5.74. The first kappa shape index (κ1) is 21.1. The second-order valence-corrected chi connectivity index (χ2v) is 7.77. The minimum Gasteiger partial charge on any atom is -0.487 e. The maximum Gasteiger partial charge on any atom is 0.231 e. The number of fused-ring (bicyclic) bond motifs is 2. The van der Waals surface area contributed by atoms with Crippen LogP contribution in [0.15, 0.2) is 54.7 Å². The van der Waals surface area contributed by atoms with Crippen LogP contribution in [-0.4, -0.2) is 16.3 Å². The Morgan fingerprint density at radius 2 is 1.81 bits per heavy atom. The molecule has 0 spiro atoms. The standard InChI is InChI=1S/C25H24N2O3.ClH/c1-16-5-4-6-19(11-16)13-27-18(3)17(2)24-25(27)22(9-10-26-24)28-14-20-7-8-21-23(12-20)30-15-29-21;/h4-12H,13-15H2,1-3H3;1H. The molecule has 0 radical (unpaired) electrons. The number of aryl methyl sites for hydroxylation is 2. The Balaban J connectivity index is 0.00000231. The van der Waals surface area contributed by atoms with Gasteiger partial charge in [0.05, 0.1) is 5.52 Å². The SMILES string of the molecule is Cc1cccc(Cn2c(C)c(C)c3nccc(OCc4ccc5c(c4)OCO5)c32)c1.Cl. The van der Waals surface area contributed by atoms with Crippen LogP contribution in [0.1, 0.15) is 27.9 Å². The molecular weight excluding hydrogens is 412 g/mol. The number of aromatic nitrogens is 2. The van der Waals surface area contributed by atoms with Gasteiger partial charge in [0, 0.05) is 24.5 Å². The topological polar surface area (TPSA) is 45.5 Å². The van der Waals surface area contributed by atoms with Crippen molar-refractivity contribution in [3.63, 3.8) is 0 Å². The fraction of sp³-hybridized carbons (Fsp3) is 0.240. The number of pyridine rings is 1. The number of halogens is 1. The van der Waals surface area contributed by atoms with Crippen molar-refractivity contribution < 1.29 is 14.2 Å². The number of rotatable bonds is 5. The molecule has 0 amide bonds. The molecule has 4 aromatic rings. The molecule has 0 N–H and O–H groups in total. The number of ether oxygens (including phenoxy) is 3. The average Bonchev–Trinajstić information content (AvgIpc) is 3.31. The lowest BCUT2D eigenvalue weighted by Gasteiger charge is -2.13. The van der Waals surface area contributed by atoms with Crippen molar-refractivity contribution in [2.24, 2.45) is 0 Å². The summed E-state index contributed by atoms with van der Waals surface area (Å²) in [5.41, 5.74) is 7.98. The molecule has 0 unspecified atom stereocenters. The maximum atomic E-state index is 6.28. The number of benzene rings is 2. The number of hydrogen-bond acceptors (Lipinski definition) is 4. The molecule has 2 aromatic carbocycles. The molecule has 2 aromatic heterocycles. The first-order valence-corrected chi connectivity index (χ1v) is 10.1. The van der Waals surface area contributed by atoms with Crippen molar-refractivity contribution in [1.82, 2.24) is 9.55 Å². The van der Waals surface area contributed by atoms with Crippen LogP contribution in [0.25, 0.3) is 11.0 Å². The van der Waals surface area contributed by atoms with Gasteiger partial charge in [0.1, 0.15) is 17.9 Å². The molecular formula is C25H25ClN2O3.